The third-order valence-corrected chi connectivity index (χ3v) is 3.05. The Morgan fingerprint density at radius 1 is 1.05 bits per heavy atom. The van der Waals surface area contributed by atoms with Crippen LogP contribution in [-0.2, 0) is 6.54 Å². The summed E-state index contributed by atoms with van der Waals surface area (Å²) in [4.78, 5) is 20.6. The molecule has 2 heterocycles. The van der Waals surface area contributed by atoms with Gasteiger partial charge in [0.1, 0.15) is 0 Å². The molecule has 1 amide bonds. The quantitative estimate of drug-likeness (QED) is 0.790. The maximum Gasteiger partial charge on any atom is 0.253 e. The number of carbonyl (C=O) groups is 1. The van der Waals surface area contributed by atoms with Crippen LogP contribution in [0.4, 0.5) is 0 Å². The molecule has 2 aromatic heterocycles. The number of hydrogen-bond acceptors (Lipinski definition) is 3. The lowest BCUT2D eigenvalue weighted by Gasteiger charge is -2.07. The highest BCUT2D eigenvalue weighted by Crippen LogP contribution is 2.15. The van der Waals surface area contributed by atoms with E-state index in [1.54, 1.807) is 24.7 Å². The van der Waals surface area contributed by atoms with Gasteiger partial charge in [-0.1, -0.05) is 24.3 Å². The van der Waals surface area contributed by atoms with Crippen molar-refractivity contribution < 1.29 is 4.79 Å². The van der Waals surface area contributed by atoms with E-state index < -0.39 is 0 Å². The van der Waals surface area contributed by atoms with Gasteiger partial charge < -0.3 is 5.32 Å². The SMILES string of the molecule is O=C(NCc1cccnc1)c1cccc2cccnc12. The number of benzene rings is 1. The Morgan fingerprint density at radius 3 is 2.75 bits per heavy atom. The molecule has 1 aromatic carbocycles. The van der Waals surface area contributed by atoms with E-state index in [1.165, 1.54) is 0 Å². The van der Waals surface area contributed by atoms with E-state index in [9.17, 15) is 4.79 Å². The van der Waals surface area contributed by atoms with Crippen molar-refractivity contribution in [2.75, 3.05) is 0 Å². The number of aromatic nitrogens is 2. The first-order valence-electron chi connectivity index (χ1n) is 6.35. The maximum absolute atomic E-state index is 12.3. The van der Waals surface area contributed by atoms with Crippen molar-refractivity contribution >= 4 is 16.8 Å². The summed E-state index contributed by atoms with van der Waals surface area (Å²) < 4.78 is 0. The molecule has 0 saturated carbocycles. The van der Waals surface area contributed by atoms with E-state index in [4.69, 9.17) is 0 Å². The Labute approximate surface area is 116 Å². The average Bonchev–Trinajstić information content (AvgIpc) is 2.53. The van der Waals surface area contributed by atoms with Crippen LogP contribution in [-0.4, -0.2) is 15.9 Å². The van der Waals surface area contributed by atoms with E-state index in [0.717, 1.165) is 16.5 Å². The van der Waals surface area contributed by atoms with Gasteiger partial charge in [-0.2, -0.15) is 0 Å². The third kappa shape index (κ3) is 2.49. The second-order valence-electron chi connectivity index (χ2n) is 4.42. The molecule has 4 nitrogen and oxygen atoms in total. The molecule has 0 aliphatic heterocycles. The van der Waals surface area contributed by atoms with Gasteiger partial charge in [-0.3, -0.25) is 14.8 Å². The second-order valence-corrected chi connectivity index (χ2v) is 4.42. The van der Waals surface area contributed by atoms with Crippen LogP contribution in [0.15, 0.2) is 61.1 Å². The van der Waals surface area contributed by atoms with Crippen LogP contribution >= 0.6 is 0 Å². The molecule has 98 valence electrons. The number of pyridine rings is 2. The van der Waals surface area contributed by atoms with Crippen LogP contribution in [0.5, 0.6) is 0 Å². The van der Waals surface area contributed by atoms with Crippen molar-refractivity contribution in [1.29, 1.82) is 0 Å². The zero-order valence-electron chi connectivity index (χ0n) is 10.8. The highest BCUT2D eigenvalue weighted by Gasteiger charge is 2.10. The molecular formula is C16H13N3O. The fourth-order valence-electron chi connectivity index (χ4n) is 2.07. The first-order chi connectivity index (χ1) is 9.84. The summed E-state index contributed by atoms with van der Waals surface area (Å²) in [5.74, 6) is -0.127. The van der Waals surface area contributed by atoms with Crippen molar-refractivity contribution in [2.24, 2.45) is 0 Å². The molecule has 0 atom stereocenters. The molecule has 0 spiro atoms. The van der Waals surface area contributed by atoms with Gasteiger partial charge in [-0.15, -0.1) is 0 Å². The number of fused-ring (bicyclic) bond motifs is 1. The number of carbonyl (C=O) groups excluding carboxylic acids is 1. The van der Waals surface area contributed by atoms with Crippen molar-refractivity contribution in [2.45, 2.75) is 6.54 Å². The standard InChI is InChI=1S/C16H13N3O/c20-16(19-11-12-4-2-8-17-10-12)14-7-1-5-13-6-3-9-18-15(13)14/h1-10H,11H2,(H,19,20). The van der Waals surface area contributed by atoms with Gasteiger partial charge in [-0.05, 0) is 23.8 Å². The third-order valence-electron chi connectivity index (χ3n) is 3.05. The smallest absolute Gasteiger partial charge is 0.253 e. The minimum Gasteiger partial charge on any atom is -0.348 e. The first-order valence-corrected chi connectivity index (χ1v) is 6.35. The second kappa shape index (κ2) is 5.48. The summed E-state index contributed by atoms with van der Waals surface area (Å²) in [5.41, 5.74) is 2.28. The molecule has 0 saturated heterocycles. The van der Waals surface area contributed by atoms with Gasteiger partial charge in [-0.25, -0.2) is 0 Å². The summed E-state index contributed by atoms with van der Waals surface area (Å²) in [6, 6.07) is 13.2. The Hall–Kier alpha value is -2.75. The zero-order valence-corrected chi connectivity index (χ0v) is 10.8. The number of nitrogens with zero attached hydrogens (tertiary/aromatic N) is 2. The minimum absolute atomic E-state index is 0.127. The monoisotopic (exact) mass is 263 g/mol. The van der Waals surface area contributed by atoms with Gasteiger partial charge in [0.25, 0.3) is 5.91 Å². The summed E-state index contributed by atoms with van der Waals surface area (Å²) in [6.45, 7) is 0.454. The molecule has 0 fully saturated rings. The fraction of sp³-hybridized carbons (Fsp3) is 0.0625. The van der Waals surface area contributed by atoms with Crippen LogP contribution in [0.3, 0.4) is 0 Å². The van der Waals surface area contributed by atoms with Crippen molar-refractivity contribution in [1.82, 2.24) is 15.3 Å². The van der Waals surface area contributed by atoms with Crippen LogP contribution in [0.2, 0.25) is 0 Å². The van der Waals surface area contributed by atoms with E-state index in [2.05, 4.69) is 15.3 Å². The number of amides is 1. The molecule has 3 aromatic rings. The molecule has 0 aliphatic rings. The van der Waals surface area contributed by atoms with Gasteiger partial charge >= 0.3 is 0 Å². The van der Waals surface area contributed by atoms with Crippen molar-refractivity contribution in [3.63, 3.8) is 0 Å². The number of rotatable bonds is 3. The number of para-hydroxylation sites is 1. The Kier molecular flexibility index (Phi) is 3.37. The number of hydrogen-bond donors (Lipinski definition) is 1. The van der Waals surface area contributed by atoms with Gasteiger partial charge in [0.2, 0.25) is 0 Å². The molecule has 0 unspecified atom stereocenters. The minimum atomic E-state index is -0.127. The molecule has 0 radical (unpaired) electrons. The lowest BCUT2D eigenvalue weighted by atomic mass is 10.1. The normalized spacial score (nSPS) is 10.4. The molecular weight excluding hydrogens is 250 g/mol. The molecule has 0 bridgehead atoms. The summed E-state index contributed by atoms with van der Waals surface area (Å²) in [6.07, 6.45) is 5.14. The Bertz CT molecular complexity index is 736. The molecule has 0 aliphatic carbocycles. The molecule has 4 heteroatoms. The van der Waals surface area contributed by atoms with E-state index >= 15 is 0 Å². The number of nitrogens with one attached hydrogen (secondary N) is 1. The van der Waals surface area contributed by atoms with E-state index in [1.807, 2.05) is 36.4 Å². The Morgan fingerprint density at radius 2 is 1.90 bits per heavy atom. The summed E-state index contributed by atoms with van der Waals surface area (Å²) in [7, 11) is 0. The van der Waals surface area contributed by atoms with E-state index in [0.29, 0.717) is 12.1 Å². The highest BCUT2D eigenvalue weighted by molar-refractivity contribution is 6.05. The Balaban J connectivity index is 1.82. The van der Waals surface area contributed by atoms with Crippen molar-refractivity contribution in [3.05, 3.63) is 72.2 Å². The molecule has 20 heavy (non-hydrogen) atoms. The first kappa shape index (κ1) is 12.3. The predicted octanol–water partition coefficient (Wildman–Crippen LogP) is 2.56. The van der Waals surface area contributed by atoms with E-state index in [-0.39, 0.29) is 5.91 Å². The molecule has 1 N–H and O–H groups in total. The van der Waals surface area contributed by atoms with Crippen LogP contribution in [0.25, 0.3) is 10.9 Å². The fourth-order valence-corrected chi connectivity index (χ4v) is 2.07. The largest absolute Gasteiger partial charge is 0.348 e. The summed E-state index contributed by atoms with van der Waals surface area (Å²) >= 11 is 0. The zero-order chi connectivity index (χ0) is 13.8. The summed E-state index contributed by atoms with van der Waals surface area (Å²) in [5, 5.41) is 3.85. The van der Waals surface area contributed by atoms with Gasteiger partial charge in [0.05, 0.1) is 11.1 Å². The average molecular weight is 263 g/mol. The van der Waals surface area contributed by atoms with Crippen LogP contribution in [0, 0.1) is 0 Å². The van der Waals surface area contributed by atoms with Crippen LogP contribution in [0.1, 0.15) is 15.9 Å². The maximum atomic E-state index is 12.3. The van der Waals surface area contributed by atoms with Gasteiger partial charge in [0, 0.05) is 30.5 Å². The topological polar surface area (TPSA) is 54.9 Å². The van der Waals surface area contributed by atoms with Crippen LogP contribution < -0.4 is 5.32 Å². The lowest BCUT2D eigenvalue weighted by molar-refractivity contribution is 0.0952. The highest BCUT2D eigenvalue weighted by atomic mass is 16.1. The van der Waals surface area contributed by atoms with Gasteiger partial charge in [0.15, 0.2) is 0 Å². The molecule has 3 rings (SSSR count). The van der Waals surface area contributed by atoms with Crippen molar-refractivity contribution in [3.8, 4) is 0 Å². The predicted molar refractivity (Wildman–Crippen MR) is 77.2 cm³/mol. The lowest BCUT2D eigenvalue weighted by Crippen LogP contribution is -2.23.